The molecule has 4 N–H and O–H groups in total. The van der Waals surface area contributed by atoms with Gasteiger partial charge in [-0.15, -0.1) is 0 Å². The molecule has 12 heteroatoms. The Bertz CT molecular complexity index is 1100. The van der Waals surface area contributed by atoms with Crippen molar-refractivity contribution in [3.63, 3.8) is 0 Å². The van der Waals surface area contributed by atoms with Crippen molar-refractivity contribution in [1.29, 1.82) is 0 Å². The summed E-state index contributed by atoms with van der Waals surface area (Å²) in [7, 11) is -4.75. The zero-order valence-corrected chi connectivity index (χ0v) is 18.2. The third-order valence-electron chi connectivity index (χ3n) is 4.99. The van der Waals surface area contributed by atoms with Crippen LogP contribution in [-0.4, -0.2) is 25.6 Å². The number of halogens is 4. The molecule has 0 atom stereocenters. The van der Waals surface area contributed by atoms with E-state index in [0.717, 1.165) is 56.4 Å². The van der Waals surface area contributed by atoms with Gasteiger partial charge < -0.3 is 15.7 Å². The molecule has 0 spiro atoms. The number of carbonyl (C=O) groups is 1. The van der Waals surface area contributed by atoms with E-state index in [0.29, 0.717) is 6.07 Å². The zero-order chi connectivity index (χ0) is 23.5. The van der Waals surface area contributed by atoms with E-state index in [1.165, 1.54) is 6.07 Å². The monoisotopic (exact) mass is 491 g/mol. The van der Waals surface area contributed by atoms with Gasteiger partial charge in [-0.1, -0.05) is 43.0 Å². The number of carbonyl (C=O) groups excluding carboxylic acids is 1. The molecule has 2 aromatic carbocycles. The van der Waals surface area contributed by atoms with Crippen molar-refractivity contribution < 1.29 is 31.5 Å². The number of hydrogen-bond donors (Lipinski definition) is 4. The van der Waals surface area contributed by atoms with E-state index in [1.54, 1.807) is 0 Å². The summed E-state index contributed by atoms with van der Waals surface area (Å²) in [5.74, 6) is -0.696. The Labute approximate surface area is 188 Å². The second kappa shape index (κ2) is 9.45. The van der Waals surface area contributed by atoms with Crippen LogP contribution < -0.4 is 15.4 Å². The highest BCUT2D eigenvalue weighted by Crippen LogP contribution is 2.38. The van der Waals surface area contributed by atoms with Gasteiger partial charge in [-0.3, -0.25) is 4.72 Å². The maximum absolute atomic E-state index is 13.2. The molecule has 1 aliphatic carbocycles. The molecule has 0 bridgehead atoms. The Balaban J connectivity index is 1.84. The van der Waals surface area contributed by atoms with E-state index >= 15 is 0 Å². The van der Waals surface area contributed by atoms with Gasteiger partial charge in [0.2, 0.25) is 0 Å². The average molecular weight is 492 g/mol. The lowest BCUT2D eigenvalue weighted by Gasteiger charge is -2.23. The third kappa shape index (κ3) is 5.77. The van der Waals surface area contributed by atoms with Crippen molar-refractivity contribution in [1.82, 2.24) is 5.32 Å². The van der Waals surface area contributed by atoms with Gasteiger partial charge in [0.25, 0.3) is 10.0 Å². The zero-order valence-electron chi connectivity index (χ0n) is 16.7. The van der Waals surface area contributed by atoms with Crippen LogP contribution in [0.25, 0.3) is 0 Å². The minimum absolute atomic E-state index is 0.00757. The van der Waals surface area contributed by atoms with E-state index < -0.39 is 44.1 Å². The predicted octanol–water partition coefficient (Wildman–Crippen LogP) is 5.32. The van der Waals surface area contributed by atoms with Crippen LogP contribution in [0.1, 0.15) is 37.7 Å². The van der Waals surface area contributed by atoms with Crippen LogP contribution in [0.5, 0.6) is 5.75 Å². The number of phenolic OH excluding ortho intramolecular Hbond substituents is 1. The average Bonchev–Trinajstić information content (AvgIpc) is 2.71. The molecule has 1 saturated carbocycles. The van der Waals surface area contributed by atoms with Gasteiger partial charge in [0.1, 0.15) is 0 Å². The molecule has 0 radical (unpaired) electrons. The van der Waals surface area contributed by atoms with Gasteiger partial charge >= 0.3 is 12.2 Å². The molecule has 7 nitrogen and oxygen atoms in total. The molecule has 0 aliphatic heterocycles. The van der Waals surface area contributed by atoms with Crippen molar-refractivity contribution >= 4 is 39.0 Å². The molecule has 0 saturated heterocycles. The topological polar surface area (TPSA) is 108 Å². The van der Waals surface area contributed by atoms with E-state index in [2.05, 4.69) is 10.6 Å². The van der Waals surface area contributed by atoms with Crippen LogP contribution >= 0.6 is 11.6 Å². The summed E-state index contributed by atoms with van der Waals surface area (Å²) in [5, 5.41) is 15.1. The van der Waals surface area contributed by atoms with E-state index in [-0.39, 0.29) is 16.8 Å². The van der Waals surface area contributed by atoms with E-state index in [1.807, 2.05) is 4.72 Å². The number of alkyl halides is 3. The minimum atomic E-state index is -4.91. The lowest BCUT2D eigenvalue weighted by Crippen LogP contribution is -2.39. The summed E-state index contributed by atoms with van der Waals surface area (Å²) >= 11 is 5.94. The normalized spacial score (nSPS) is 15.2. The summed E-state index contributed by atoms with van der Waals surface area (Å²) < 4.78 is 67.0. The van der Waals surface area contributed by atoms with Gasteiger partial charge in [-0.2, -0.15) is 13.2 Å². The van der Waals surface area contributed by atoms with Crippen LogP contribution in [-0.2, 0) is 16.2 Å². The number of benzene rings is 2. The molecule has 1 fully saturated rings. The smallest absolute Gasteiger partial charge is 0.417 e. The molecule has 2 amide bonds. The number of hydrogen-bond acceptors (Lipinski definition) is 4. The Kier molecular flexibility index (Phi) is 7.09. The Morgan fingerprint density at radius 1 is 1.09 bits per heavy atom. The molecular weight excluding hydrogens is 471 g/mol. The quantitative estimate of drug-likeness (QED) is 0.335. The van der Waals surface area contributed by atoms with E-state index in [9.17, 15) is 31.5 Å². The third-order valence-corrected chi connectivity index (χ3v) is 6.70. The number of amides is 2. The van der Waals surface area contributed by atoms with Gasteiger partial charge in [0, 0.05) is 11.7 Å². The first-order valence-electron chi connectivity index (χ1n) is 9.76. The fraction of sp³-hybridized carbons (Fsp3) is 0.350. The molecule has 1 aliphatic rings. The maximum atomic E-state index is 13.2. The SMILES string of the molecule is O=C(Nc1cc(Cl)c(O)c(NS(=O)(=O)c2ccccc2C(F)(F)F)c1)NC1CCCCC1. The standard InChI is InChI=1S/C20H21ClF3N3O4S/c21-15-10-13(26-19(29)25-12-6-2-1-3-7-12)11-16(18(15)28)27-32(30,31)17-9-5-4-8-14(17)20(22,23)24/h4-5,8-12,27-28H,1-3,6-7H2,(H2,25,26,29). The fourth-order valence-electron chi connectivity index (χ4n) is 3.48. The lowest BCUT2D eigenvalue weighted by molar-refractivity contribution is -0.139. The van der Waals surface area contributed by atoms with Crippen molar-refractivity contribution in [3.8, 4) is 5.75 Å². The van der Waals surface area contributed by atoms with Gasteiger partial charge in [-0.25, -0.2) is 13.2 Å². The van der Waals surface area contributed by atoms with Crippen molar-refractivity contribution in [2.75, 3.05) is 10.0 Å². The maximum Gasteiger partial charge on any atom is 0.417 e. The van der Waals surface area contributed by atoms with Crippen LogP contribution in [0.15, 0.2) is 41.3 Å². The van der Waals surface area contributed by atoms with Crippen LogP contribution in [0.2, 0.25) is 5.02 Å². The number of phenols is 1. The summed E-state index contributed by atoms with van der Waals surface area (Å²) in [4.78, 5) is 11.2. The highest BCUT2D eigenvalue weighted by atomic mass is 35.5. The molecule has 2 aromatic rings. The molecule has 3 rings (SSSR count). The molecule has 0 aromatic heterocycles. The predicted molar refractivity (Wildman–Crippen MR) is 114 cm³/mol. The summed E-state index contributed by atoms with van der Waals surface area (Å²) in [5.41, 5.74) is -1.80. The highest BCUT2D eigenvalue weighted by Gasteiger charge is 2.37. The fourth-order valence-corrected chi connectivity index (χ4v) is 4.99. The molecule has 32 heavy (non-hydrogen) atoms. The van der Waals surface area contributed by atoms with Gasteiger partial charge in [-0.05, 0) is 37.1 Å². The van der Waals surface area contributed by atoms with E-state index in [4.69, 9.17) is 11.6 Å². The largest absolute Gasteiger partial charge is 0.504 e. The van der Waals surface area contributed by atoms with Crippen molar-refractivity contribution in [2.24, 2.45) is 0 Å². The second-order valence-corrected chi connectivity index (χ2v) is 9.45. The van der Waals surface area contributed by atoms with Crippen molar-refractivity contribution in [3.05, 3.63) is 47.0 Å². The highest BCUT2D eigenvalue weighted by molar-refractivity contribution is 7.92. The first-order chi connectivity index (χ1) is 15.0. The Morgan fingerprint density at radius 3 is 2.41 bits per heavy atom. The number of aromatic hydroxyl groups is 1. The Hall–Kier alpha value is -2.66. The molecule has 0 heterocycles. The summed E-state index contributed by atoms with van der Waals surface area (Å²) in [6.45, 7) is 0. The summed E-state index contributed by atoms with van der Waals surface area (Å²) in [6, 6.07) is 5.35. The number of urea groups is 1. The number of rotatable bonds is 5. The summed E-state index contributed by atoms with van der Waals surface area (Å²) in [6.07, 6.45) is -0.122. The first kappa shape index (κ1) is 24.0. The Morgan fingerprint density at radius 2 is 1.75 bits per heavy atom. The van der Waals surface area contributed by atoms with Gasteiger partial charge in [0.15, 0.2) is 5.75 Å². The van der Waals surface area contributed by atoms with Crippen LogP contribution in [0.3, 0.4) is 0 Å². The first-order valence-corrected chi connectivity index (χ1v) is 11.6. The second-order valence-electron chi connectivity index (χ2n) is 7.39. The molecule has 174 valence electrons. The van der Waals surface area contributed by atoms with Crippen LogP contribution in [0.4, 0.5) is 29.3 Å². The number of anilines is 2. The molecule has 0 unspecified atom stereocenters. The van der Waals surface area contributed by atoms with Crippen LogP contribution in [0, 0.1) is 0 Å². The van der Waals surface area contributed by atoms with Crippen molar-refractivity contribution in [2.45, 2.75) is 49.2 Å². The number of sulfonamides is 1. The van der Waals surface area contributed by atoms with Gasteiger partial charge in [0.05, 0.1) is 21.2 Å². The lowest BCUT2D eigenvalue weighted by atomic mass is 9.96. The minimum Gasteiger partial charge on any atom is -0.504 e. The molecular formula is C20H21ClF3N3O4S. The number of nitrogens with one attached hydrogen (secondary N) is 3.